The molecule has 0 fully saturated rings. The molecule has 0 spiro atoms. The maximum absolute atomic E-state index is 11.3. The molecule has 0 bridgehead atoms. The number of rotatable bonds is 7. The average Bonchev–Trinajstić information content (AvgIpc) is 2.76. The summed E-state index contributed by atoms with van der Waals surface area (Å²) < 4.78 is 5.29. The van der Waals surface area contributed by atoms with Gasteiger partial charge in [-0.25, -0.2) is 0 Å². The van der Waals surface area contributed by atoms with Crippen LogP contribution in [0.25, 0.3) is 0 Å². The van der Waals surface area contributed by atoms with Gasteiger partial charge in [0.1, 0.15) is 18.2 Å². The average molecular weight is 278 g/mol. The van der Waals surface area contributed by atoms with Crippen LogP contribution in [0.3, 0.4) is 0 Å². The van der Waals surface area contributed by atoms with Gasteiger partial charge in [-0.3, -0.25) is 20.3 Å². The van der Waals surface area contributed by atoms with Crippen LogP contribution < -0.4 is 27.7 Å². The van der Waals surface area contributed by atoms with Crippen LogP contribution >= 0.6 is 0 Å². The Kier molecular flexibility index (Phi) is 4.64. The van der Waals surface area contributed by atoms with E-state index in [2.05, 4.69) is 20.8 Å². The van der Waals surface area contributed by atoms with Gasteiger partial charge in [0, 0.05) is 12.2 Å². The predicted octanol–water partition coefficient (Wildman–Crippen LogP) is 0.000700. The van der Waals surface area contributed by atoms with Gasteiger partial charge in [-0.15, -0.1) is 0 Å². The van der Waals surface area contributed by atoms with Crippen molar-refractivity contribution in [3.63, 3.8) is 0 Å². The lowest BCUT2D eigenvalue weighted by molar-refractivity contribution is 0.132. The van der Waals surface area contributed by atoms with Crippen molar-refractivity contribution in [3.8, 4) is 0 Å². The number of anilines is 3. The molecular formula is C12H18N6O2. The van der Waals surface area contributed by atoms with E-state index in [0.717, 1.165) is 11.3 Å². The quantitative estimate of drug-likeness (QED) is 0.240. The first-order valence-corrected chi connectivity index (χ1v) is 6.09. The number of H-pyrrole nitrogens is 2. The van der Waals surface area contributed by atoms with Crippen molar-refractivity contribution in [3.05, 3.63) is 40.2 Å². The highest BCUT2D eigenvalue weighted by Gasteiger charge is 2.04. The Hall–Kier alpha value is -2.45. The fraction of sp³-hybridized carbons (Fsp3) is 0.250. The molecule has 2 aromatic rings. The van der Waals surface area contributed by atoms with Gasteiger partial charge in [0.25, 0.3) is 5.56 Å². The van der Waals surface area contributed by atoms with E-state index >= 15 is 0 Å². The predicted molar refractivity (Wildman–Crippen MR) is 78.0 cm³/mol. The maximum Gasteiger partial charge on any atom is 0.289 e. The zero-order valence-corrected chi connectivity index (χ0v) is 10.9. The topological polar surface area (TPSA) is 134 Å². The third-order valence-electron chi connectivity index (χ3n) is 2.67. The van der Waals surface area contributed by atoms with E-state index in [1.807, 2.05) is 24.3 Å². The van der Waals surface area contributed by atoms with Crippen molar-refractivity contribution < 1.29 is 4.74 Å². The number of hydrogen-bond acceptors (Lipinski definition) is 6. The van der Waals surface area contributed by atoms with E-state index in [-0.39, 0.29) is 23.8 Å². The highest BCUT2D eigenvalue weighted by atomic mass is 16.5. The van der Waals surface area contributed by atoms with E-state index in [0.29, 0.717) is 13.3 Å². The lowest BCUT2D eigenvalue weighted by Crippen LogP contribution is -2.21. The fourth-order valence-electron chi connectivity index (χ4n) is 1.62. The van der Waals surface area contributed by atoms with Gasteiger partial charge in [0.15, 0.2) is 0 Å². The van der Waals surface area contributed by atoms with E-state index < -0.39 is 0 Å². The molecule has 1 heterocycles. The molecule has 0 aliphatic heterocycles. The molecule has 0 radical (unpaired) electrons. The molecule has 0 saturated heterocycles. The minimum absolute atomic E-state index is 0.180. The smallest absolute Gasteiger partial charge is 0.289 e. The molecule has 0 unspecified atom stereocenters. The standard InChI is InChI=1S/C12H18N6O2/c13-9-3-1-8(2-4-9)5-15-6-20-7-16-10-11(14)17-18-12(10)19/h1-4,15-16H,5-7,13H2,(H4,14,17,18,19). The fourth-order valence-corrected chi connectivity index (χ4v) is 1.62. The van der Waals surface area contributed by atoms with Crippen LogP contribution in [0.2, 0.25) is 0 Å². The normalized spacial score (nSPS) is 10.6. The molecular weight excluding hydrogens is 260 g/mol. The largest absolute Gasteiger partial charge is 0.399 e. The van der Waals surface area contributed by atoms with Crippen molar-refractivity contribution in [1.29, 1.82) is 0 Å². The molecule has 0 aliphatic carbocycles. The van der Waals surface area contributed by atoms with Crippen LogP contribution in [0, 0.1) is 0 Å². The first kappa shape index (κ1) is 14.0. The summed E-state index contributed by atoms with van der Waals surface area (Å²) in [4.78, 5) is 11.3. The SMILES string of the molecule is Nc1ccc(CNCOCNc2c(N)[nH][nH]c2=O)cc1. The van der Waals surface area contributed by atoms with Crippen LogP contribution in [0.4, 0.5) is 17.2 Å². The van der Waals surface area contributed by atoms with Gasteiger partial charge in [-0.1, -0.05) is 12.1 Å². The highest BCUT2D eigenvalue weighted by Crippen LogP contribution is 2.06. The summed E-state index contributed by atoms with van der Waals surface area (Å²) in [7, 11) is 0. The number of nitrogens with two attached hydrogens (primary N) is 2. The Morgan fingerprint density at radius 1 is 1.10 bits per heavy atom. The first-order chi connectivity index (χ1) is 9.66. The molecule has 20 heavy (non-hydrogen) atoms. The Bertz CT molecular complexity index is 589. The zero-order chi connectivity index (χ0) is 14.4. The summed E-state index contributed by atoms with van der Waals surface area (Å²) in [5.74, 6) is 0.258. The maximum atomic E-state index is 11.3. The lowest BCUT2D eigenvalue weighted by atomic mass is 10.2. The Balaban J connectivity index is 1.62. The minimum Gasteiger partial charge on any atom is -0.399 e. The van der Waals surface area contributed by atoms with Gasteiger partial charge in [0.2, 0.25) is 0 Å². The number of aromatic nitrogens is 2. The van der Waals surface area contributed by atoms with E-state index in [1.165, 1.54) is 0 Å². The molecule has 8 N–H and O–H groups in total. The molecule has 8 nitrogen and oxygen atoms in total. The number of benzene rings is 1. The highest BCUT2D eigenvalue weighted by molar-refractivity contribution is 5.59. The number of nitrogen functional groups attached to an aromatic ring is 2. The van der Waals surface area contributed by atoms with Gasteiger partial charge in [0.05, 0.1) is 6.73 Å². The molecule has 0 atom stereocenters. The van der Waals surface area contributed by atoms with Crippen molar-refractivity contribution in [2.75, 3.05) is 30.2 Å². The van der Waals surface area contributed by atoms with Crippen LogP contribution in [0.15, 0.2) is 29.1 Å². The van der Waals surface area contributed by atoms with Gasteiger partial charge in [-0.2, -0.15) is 0 Å². The van der Waals surface area contributed by atoms with Crippen molar-refractivity contribution in [1.82, 2.24) is 15.5 Å². The molecule has 1 aromatic heterocycles. The molecule has 0 saturated carbocycles. The lowest BCUT2D eigenvalue weighted by Gasteiger charge is -2.08. The summed E-state index contributed by atoms with van der Waals surface area (Å²) in [5, 5.41) is 10.8. The second kappa shape index (κ2) is 6.64. The Morgan fingerprint density at radius 2 is 1.85 bits per heavy atom. The summed E-state index contributed by atoms with van der Waals surface area (Å²) in [6, 6.07) is 7.59. The monoisotopic (exact) mass is 278 g/mol. The van der Waals surface area contributed by atoms with Crippen molar-refractivity contribution in [2.24, 2.45) is 0 Å². The molecule has 1 aromatic carbocycles. The zero-order valence-electron chi connectivity index (χ0n) is 10.9. The van der Waals surface area contributed by atoms with E-state index in [4.69, 9.17) is 16.2 Å². The summed E-state index contributed by atoms with van der Waals surface area (Å²) in [5.41, 5.74) is 13.0. The molecule has 0 aliphatic rings. The third-order valence-corrected chi connectivity index (χ3v) is 2.67. The van der Waals surface area contributed by atoms with Crippen molar-refractivity contribution in [2.45, 2.75) is 6.54 Å². The van der Waals surface area contributed by atoms with Gasteiger partial charge in [-0.05, 0) is 17.7 Å². The van der Waals surface area contributed by atoms with Crippen LogP contribution in [-0.4, -0.2) is 23.7 Å². The summed E-state index contributed by atoms with van der Waals surface area (Å²) >= 11 is 0. The molecule has 108 valence electrons. The number of hydrogen-bond donors (Lipinski definition) is 6. The van der Waals surface area contributed by atoms with Gasteiger partial charge >= 0.3 is 0 Å². The van der Waals surface area contributed by atoms with Crippen molar-refractivity contribution >= 4 is 17.2 Å². The second-order valence-corrected chi connectivity index (χ2v) is 4.21. The summed E-state index contributed by atoms with van der Waals surface area (Å²) in [6.07, 6.45) is 0. The first-order valence-electron chi connectivity index (χ1n) is 6.09. The third kappa shape index (κ3) is 3.77. The van der Waals surface area contributed by atoms with E-state index in [1.54, 1.807) is 0 Å². The van der Waals surface area contributed by atoms with E-state index in [9.17, 15) is 4.79 Å². The summed E-state index contributed by atoms with van der Waals surface area (Å²) in [6.45, 7) is 1.20. The number of aromatic amines is 2. The van der Waals surface area contributed by atoms with Crippen LogP contribution in [0.5, 0.6) is 0 Å². The van der Waals surface area contributed by atoms with Gasteiger partial charge < -0.3 is 21.5 Å². The Morgan fingerprint density at radius 3 is 2.50 bits per heavy atom. The second-order valence-electron chi connectivity index (χ2n) is 4.21. The minimum atomic E-state index is -0.305. The Labute approximate surface area is 115 Å². The molecule has 8 heteroatoms. The van der Waals surface area contributed by atoms with Crippen LogP contribution in [-0.2, 0) is 11.3 Å². The molecule has 2 rings (SSSR count). The van der Waals surface area contributed by atoms with Crippen LogP contribution in [0.1, 0.15) is 5.56 Å². The molecule has 0 amide bonds. The number of ether oxygens (including phenoxy) is 1. The number of nitrogens with one attached hydrogen (secondary N) is 4.